The van der Waals surface area contributed by atoms with Crippen molar-refractivity contribution in [3.8, 4) is 0 Å². The van der Waals surface area contributed by atoms with E-state index in [1.807, 2.05) is 11.8 Å². The first-order valence-electron chi connectivity index (χ1n) is 7.77. The molecule has 2 fully saturated rings. The van der Waals surface area contributed by atoms with Crippen molar-refractivity contribution < 1.29 is 0 Å². The molecule has 0 unspecified atom stereocenters. The van der Waals surface area contributed by atoms with Crippen molar-refractivity contribution in [2.24, 2.45) is 4.99 Å². The van der Waals surface area contributed by atoms with Crippen molar-refractivity contribution in [2.45, 2.75) is 64.0 Å². The number of rotatable bonds is 6. The first kappa shape index (κ1) is 15.2. The fourth-order valence-corrected chi connectivity index (χ4v) is 4.07. The minimum absolute atomic E-state index is 0.418. The summed E-state index contributed by atoms with van der Waals surface area (Å²) in [5, 5.41) is 4.89. The molecule has 0 radical (unpaired) electrons. The molecule has 1 aliphatic carbocycles. The van der Waals surface area contributed by atoms with Crippen LogP contribution in [0.4, 0.5) is 0 Å². The van der Waals surface area contributed by atoms with Crippen molar-refractivity contribution >= 4 is 16.9 Å². The molecule has 4 heteroatoms. The minimum atomic E-state index is 0.418. The highest BCUT2D eigenvalue weighted by molar-refractivity contribution is 8.14. The van der Waals surface area contributed by atoms with Gasteiger partial charge >= 0.3 is 0 Å². The maximum absolute atomic E-state index is 4.73. The molecule has 2 aliphatic rings. The fourth-order valence-electron chi connectivity index (χ4n) is 2.82. The summed E-state index contributed by atoms with van der Waals surface area (Å²) in [7, 11) is 2.20. The van der Waals surface area contributed by atoms with Crippen molar-refractivity contribution in [2.75, 3.05) is 25.9 Å². The maximum atomic E-state index is 4.73. The van der Waals surface area contributed by atoms with E-state index in [1.54, 1.807) is 0 Å². The molecule has 2 rings (SSSR count). The van der Waals surface area contributed by atoms with Crippen LogP contribution in [0.15, 0.2) is 4.99 Å². The van der Waals surface area contributed by atoms with E-state index < -0.39 is 0 Å². The lowest BCUT2D eigenvalue weighted by molar-refractivity contribution is 0.269. The zero-order valence-electron chi connectivity index (χ0n) is 12.7. The average molecular weight is 283 g/mol. The molecule has 0 amide bonds. The quantitative estimate of drug-likeness (QED) is 0.759. The van der Waals surface area contributed by atoms with Gasteiger partial charge in [-0.2, -0.15) is 0 Å². The van der Waals surface area contributed by atoms with Gasteiger partial charge in [-0.05, 0) is 53.1 Å². The van der Waals surface area contributed by atoms with Crippen LogP contribution in [0.25, 0.3) is 0 Å². The molecule has 1 saturated carbocycles. The van der Waals surface area contributed by atoms with Crippen molar-refractivity contribution in [1.82, 2.24) is 10.2 Å². The molecule has 0 aromatic heterocycles. The van der Waals surface area contributed by atoms with E-state index >= 15 is 0 Å². The molecule has 0 aromatic carbocycles. The Labute approximate surface area is 122 Å². The minimum Gasteiger partial charge on any atom is -0.359 e. The van der Waals surface area contributed by atoms with Crippen LogP contribution in [0.2, 0.25) is 0 Å². The van der Waals surface area contributed by atoms with Crippen molar-refractivity contribution in [3.63, 3.8) is 0 Å². The molecule has 1 saturated heterocycles. The van der Waals surface area contributed by atoms with E-state index in [1.165, 1.54) is 56.0 Å². The van der Waals surface area contributed by atoms with E-state index in [0.717, 1.165) is 6.54 Å². The number of amidine groups is 1. The van der Waals surface area contributed by atoms with Gasteiger partial charge in [0.25, 0.3) is 0 Å². The summed E-state index contributed by atoms with van der Waals surface area (Å²) in [5.74, 6) is 1.24. The zero-order valence-corrected chi connectivity index (χ0v) is 13.6. The lowest BCUT2D eigenvalue weighted by Gasteiger charge is -2.21. The number of unbranched alkanes of at least 4 members (excludes halogenated alkanes) is 1. The largest absolute Gasteiger partial charge is 0.359 e. The number of nitrogens with zero attached hydrogens (tertiary/aromatic N) is 2. The highest BCUT2D eigenvalue weighted by Gasteiger charge is 2.39. The molecule has 110 valence electrons. The summed E-state index contributed by atoms with van der Waals surface area (Å²) in [4.78, 5) is 7.14. The Kier molecular flexibility index (Phi) is 5.58. The van der Waals surface area contributed by atoms with Gasteiger partial charge in [-0.25, -0.2) is 0 Å². The highest BCUT2D eigenvalue weighted by Crippen LogP contribution is 2.37. The van der Waals surface area contributed by atoms with Crippen LogP contribution in [-0.4, -0.2) is 47.5 Å². The van der Waals surface area contributed by atoms with Crippen LogP contribution in [0.1, 0.15) is 52.4 Å². The van der Waals surface area contributed by atoms with Gasteiger partial charge in [0.2, 0.25) is 0 Å². The standard InChI is InChI=1S/C15H29N3S/c1-13(2)18(3)11-7-6-10-16-14-17-15(12-19-14)8-4-5-9-15/h13H,4-12H2,1-3H3,(H,16,17). The third-order valence-corrected chi connectivity index (χ3v) is 5.68. The van der Waals surface area contributed by atoms with Gasteiger partial charge in [-0.1, -0.05) is 24.6 Å². The van der Waals surface area contributed by atoms with Crippen molar-refractivity contribution in [1.29, 1.82) is 0 Å². The third-order valence-electron chi connectivity index (χ3n) is 4.47. The van der Waals surface area contributed by atoms with E-state index in [9.17, 15) is 0 Å². The van der Waals surface area contributed by atoms with E-state index in [4.69, 9.17) is 4.99 Å². The fraction of sp³-hybridized carbons (Fsp3) is 0.933. The van der Waals surface area contributed by atoms with E-state index in [0.29, 0.717) is 11.6 Å². The van der Waals surface area contributed by atoms with Crippen LogP contribution >= 0.6 is 11.8 Å². The second-order valence-electron chi connectivity index (χ2n) is 6.37. The summed E-state index contributed by atoms with van der Waals surface area (Å²) in [6, 6.07) is 0.653. The molecular formula is C15H29N3S. The molecule has 3 nitrogen and oxygen atoms in total. The van der Waals surface area contributed by atoms with Crippen LogP contribution < -0.4 is 5.32 Å². The molecule has 1 N–H and O–H groups in total. The summed E-state index contributed by atoms with van der Waals surface area (Å²) in [6.45, 7) is 6.67. The molecule has 0 atom stereocenters. The molecule has 1 heterocycles. The summed E-state index contributed by atoms with van der Waals surface area (Å²) < 4.78 is 0. The van der Waals surface area contributed by atoms with Gasteiger partial charge in [-0.3, -0.25) is 4.99 Å². The summed E-state index contributed by atoms with van der Waals surface area (Å²) >= 11 is 1.94. The van der Waals surface area contributed by atoms with Gasteiger partial charge in [-0.15, -0.1) is 0 Å². The Balaban J connectivity index is 1.62. The Morgan fingerprint density at radius 2 is 2.05 bits per heavy atom. The zero-order chi connectivity index (χ0) is 13.7. The monoisotopic (exact) mass is 283 g/mol. The van der Waals surface area contributed by atoms with E-state index in [-0.39, 0.29) is 0 Å². The summed E-state index contributed by atoms with van der Waals surface area (Å²) in [5.41, 5.74) is 0.418. The van der Waals surface area contributed by atoms with Gasteiger partial charge in [0.05, 0.1) is 0 Å². The van der Waals surface area contributed by atoms with Gasteiger partial charge < -0.3 is 10.2 Å². The average Bonchev–Trinajstić information content (AvgIpc) is 3.00. The van der Waals surface area contributed by atoms with Crippen molar-refractivity contribution in [3.05, 3.63) is 0 Å². The highest BCUT2D eigenvalue weighted by atomic mass is 32.2. The Morgan fingerprint density at radius 3 is 2.74 bits per heavy atom. The normalized spacial score (nSPS) is 23.9. The topological polar surface area (TPSA) is 27.6 Å². The molecule has 0 bridgehead atoms. The maximum Gasteiger partial charge on any atom is 0.157 e. The van der Waals surface area contributed by atoms with Crippen LogP contribution in [0.3, 0.4) is 0 Å². The predicted octanol–water partition coefficient (Wildman–Crippen LogP) is 3.11. The summed E-state index contributed by atoms with van der Waals surface area (Å²) in [6.07, 6.45) is 7.93. The Hall–Kier alpha value is -0.220. The van der Waals surface area contributed by atoms with Gasteiger partial charge in [0.1, 0.15) is 0 Å². The molecular weight excluding hydrogens is 254 g/mol. The number of nitrogens with one attached hydrogen (secondary N) is 1. The smallest absolute Gasteiger partial charge is 0.157 e. The molecule has 1 aliphatic heterocycles. The van der Waals surface area contributed by atoms with Crippen LogP contribution in [0.5, 0.6) is 0 Å². The van der Waals surface area contributed by atoms with Gasteiger partial charge in [0, 0.05) is 23.9 Å². The molecule has 1 spiro atoms. The second kappa shape index (κ2) is 6.98. The predicted molar refractivity (Wildman–Crippen MR) is 86.1 cm³/mol. The molecule has 0 aromatic rings. The third kappa shape index (κ3) is 4.38. The number of hydrogen-bond acceptors (Lipinski definition) is 3. The Bertz CT molecular complexity index is 309. The van der Waals surface area contributed by atoms with Crippen LogP contribution in [-0.2, 0) is 0 Å². The van der Waals surface area contributed by atoms with Gasteiger partial charge in [0.15, 0.2) is 5.17 Å². The van der Waals surface area contributed by atoms with Crippen LogP contribution in [0, 0.1) is 0 Å². The number of aliphatic imine (C=N–C) groups is 1. The number of hydrogen-bond donors (Lipinski definition) is 1. The number of thioether (sulfide) groups is 1. The first-order chi connectivity index (χ1) is 9.11. The second-order valence-corrected chi connectivity index (χ2v) is 7.33. The molecule has 19 heavy (non-hydrogen) atoms. The lowest BCUT2D eigenvalue weighted by Crippen LogP contribution is -2.40. The first-order valence-corrected chi connectivity index (χ1v) is 8.76. The Morgan fingerprint density at radius 1 is 1.32 bits per heavy atom. The van der Waals surface area contributed by atoms with E-state index in [2.05, 4.69) is 31.1 Å². The SMILES string of the molecule is CC(C)N(C)CCCCN=C1NC2(CCCC2)CS1. The lowest BCUT2D eigenvalue weighted by atomic mass is 10.0.